The highest BCUT2D eigenvalue weighted by Gasteiger charge is 2.09. The van der Waals surface area contributed by atoms with E-state index in [1.165, 1.54) is 0 Å². The van der Waals surface area contributed by atoms with Crippen molar-refractivity contribution in [2.75, 3.05) is 6.54 Å². The van der Waals surface area contributed by atoms with Crippen LogP contribution in [0.15, 0.2) is 41.3 Å². The molecule has 3 N–H and O–H groups in total. The zero-order valence-corrected chi connectivity index (χ0v) is 15.7. The number of primary amides is 1. The third kappa shape index (κ3) is 4.43. The van der Waals surface area contributed by atoms with Gasteiger partial charge < -0.3 is 15.6 Å². The first-order chi connectivity index (χ1) is 13.0. The molecule has 0 aliphatic heterocycles. The van der Waals surface area contributed by atoms with Gasteiger partial charge in [0.2, 0.25) is 5.91 Å². The normalized spacial score (nSPS) is 11.2. The summed E-state index contributed by atoms with van der Waals surface area (Å²) in [6.45, 7) is 6.22. The Labute approximate surface area is 157 Å². The summed E-state index contributed by atoms with van der Waals surface area (Å²) in [6.07, 6.45) is 2.37. The molecule has 27 heavy (non-hydrogen) atoms. The van der Waals surface area contributed by atoms with Crippen LogP contribution in [0.4, 0.5) is 0 Å². The molecule has 0 saturated carbocycles. The highest BCUT2D eigenvalue weighted by molar-refractivity contribution is 5.84. The Morgan fingerprint density at radius 3 is 2.74 bits per heavy atom. The fourth-order valence-corrected chi connectivity index (χ4v) is 3.34. The third-order valence-corrected chi connectivity index (χ3v) is 4.64. The second-order valence-electron chi connectivity index (χ2n) is 6.73. The molecule has 0 aliphatic rings. The SMILES string of the molecule is Cc1cc(C)n(CCNCc2cn(CCC(N)=O)c3ccccc23)c(=O)n1. The van der Waals surface area contributed by atoms with Crippen molar-refractivity contribution in [1.29, 1.82) is 0 Å². The van der Waals surface area contributed by atoms with Gasteiger partial charge in [-0.15, -0.1) is 0 Å². The maximum absolute atomic E-state index is 12.0. The number of carbonyl (C=O) groups excluding carboxylic acids is 1. The minimum atomic E-state index is -0.306. The van der Waals surface area contributed by atoms with E-state index in [1.54, 1.807) is 4.57 Å². The molecule has 2 aromatic heterocycles. The largest absolute Gasteiger partial charge is 0.370 e. The molecular formula is C20H25N5O2. The molecule has 1 amide bonds. The summed E-state index contributed by atoms with van der Waals surface area (Å²) in [4.78, 5) is 27.1. The van der Waals surface area contributed by atoms with Crippen LogP contribution in [-0.2, 0) is 24.4 Å². The molecular weight excluding hydrogens is 342 g/mol. The maximum Gasteiger partial charge on any atom is 0.347 e. The number of nitrogens with two attached hydrogens (primary N) is 1. The first kappa shape index (κ1) is 18.8. The van der Waals surface area contributed by atoms with E-state index < -0.39 is 0 Å². The van der Waals surface area contributed by atoms with Gasteiger partial charge in [0.15, 0.2) is 0 Å². The Bertz CT molecular complexity index is 1020. The fourth-order valence-electron chi connectivity index (χ4n) is 3.34. The van der Waals surface area contributed by atoms with Crippen LogP contribution in [0, 0.1) is 13.8 Å². The number of benzene rings is 1. The van der Waals surface area contributed by atoms with Gasteiger partial charge in [-0.1, -0.05) is 18.2 Å². The van der Waals surface area contributed by atoms with E-state index in [9.17, 15) is 9.59 Å². The molecule has 3 rings (SSSR count). The number of aryl methyl sites for hydroxylation is 3. The van der Waals surface area contributed by atoms with E-state index in [1.807, 2.05) is 38.1 Å². The molecule has 0 spiro atoms. The predicted octanol–water partition coefficient (Wildman–Crippen LogP) is 1.48. The van der Waals surface area contributed by atoms with Crippen LogP contribution in [0.3, 0.4) is 0 Å². The van der Waals surface area contributed by atoms with Gasteiger partial charge in [-0.2, -0.15) is 4.98 Å². The number of para-hydroxylation sites is 1. The third-order valence-electron chi connectivity index (χ3n) is 4.64. The molecule has 2 heterocycles. The van der Waals surface area contributed by atoms with Gasteiger partial charge in [0.25, 0.3) is 0 Å². The first-order valence-corrected chi connectivity index (χ1v) is 9.06. The van der Waals surface area contributed by atoms with Crippen molar-refractivity contribution >= 4 is 16.8 Å². The predicted molar refractivity (Wildman–Crippen MR) is 105 cm³/mol. The molecule has 3 aromatic rings. The molecule has 0 atom stereocenters. The lowest BCUT2D eigenvalue weighted by molar-refractivity contribution is -0.118. The monoisotopic (exact) mass is 367 g/mol. The number of hydrogen-bond donors (Lipinski definition) is 2. The van der Waals surface area contributed by atoms with Crippen molar-refractivity contribution in [3.63, 3.8) is 0 Å². The Morgan fingerprint density at radius 1 is 1.22 bits per heavy atom. The molecule has 0 fully saturated rings. The fraction of sp³-hybridized carbons (Fsp3) is 0.350. The lowest BCUT2D eigenvalue weighted by Gasteiger charge is -2.10. The average molecular weight is 367 g/mol. The summed E-state index contributed by atoms with van der Waals surface area (Å²) >= 11 is 0. The second kappa shape index (κ2) is 8.18. The molecule has 0 saturated heterocycles. The van der Waals surface area contributed by atoms with Gasteiger partial charge in [-0.3, -0.25) is 9.36 Å². The van der Waals surface area contributed by atoms with E-state index in [0.717, 1.165) is 27.9 Å². The van der Waals surface area contributed by atoms with Crippen molar-refractivity contribution in [2.45, 2.75) is 39.9 Å². The smallest absolute Gasteiger partial charge is 0.347 e. The number of hydrogen-bond acceptors (Lipinski definition) is 4. The molecule has 0 radical (unpaired) electrons. The van der Waals surface area contributed by atoms with Crippen molar-refractivity contribution in [3.8, 4) is 0 Å². The number of fused-ring (bicyclic) bond motifs is 1. The lowest BCUT2D eigenvalue weighted by atomic mass is 10.2. The summed E-state index contributed by atoms with van der Waals surface area (Å²) in [5.41, 5.74) is 8.97. The van der Waals surface area contributed by atoms with Crippen LogP contribution in [0.2, 0.25) is 0 Å². The number of nitrogens with one attached hydrogen (secondary N) is 1. The molecule has 0 bridgehead atoms. The Hall–Kier alpha value is -2.93. The van der Waals surface area contributed by atoms with Crippen molar-refractivity contribution in [1.82, 2.24) is 19.4 Å². The zero-order chi connectivity index (χ0) is 19.4. The summed E-state index contributed by atoms with van der Waals surface area (Å²) < 4.78 is 3.74. The van der Waals surface area contributed by atoms with Crippen LogP contribution in [0.1, 0.15) is 23.4 Å². The van der Waals surface area contributed by atoms with Crippen LogP contribution in [0.5, 0.6) is 0 Å². The number of rotatable bonds is 8. The maximum atomic E-state index is 12.0. The molecule has 1 aromatic carbocycles. The van der Waals surface area contributed by atoms with Gasteiger partial charge in [-0.25, -0.2) is 4.79 Å². The summed E-state index contributed by atoms with van der Waals surface area (Å²) in [5.74, 6) is -0.306. The van der Waals surface area contributed by atoms with E-state index in [4.69, 9.17) is 5.73 Å². The quantitative estimate of drug-likeness (QED) is 0.590. The number of aromatic nitrogens is 3. The molecule has 7 nitrogen and oxygen atoms in total. The lowest BCUT2D eigenvalue weighted by Crippen LogP contribution is -2.30. The van der Waals surface area contributed by atoms with Crippen molar-refractivity contribution < 1.29 is 4.79 Å². The molecule has 0 aliphatic carbocycles. The van der Waals surface area contributed by atoms with Crippen LogP contribution >= 0.6 is 0 Å². The topological polar surface area (TPSA) is 94.9 Å². The van der Waals surface area contributed by atoms with Gasteiger partial charge >= 0.3 is 5.69 Å². The molecule has 0 unspecified atom stereocenters. The minimum Gasteiger partial charge on any atom is -0.370 e. The summed E-state index contributed by atoms with van der Waals surface area (Å²) in [5, 5.41) is 4.55. The Morgan fingerprint density at radius 2 is 2.00 bits per heavy atom. The second-order valence-corrected chi connectivity index (χ2v) is 6.73. The van der Waals surface area contributed by atoms with Crippen LogP contribution in [-0.4, -0.2) is 26.6 Å². The summed E-state index contributed by atoms with van der Waals surface area (Å²) in [6, 6.07) is 10.0. The first-order valence-electron chi connectivity index (χ1n) is 9.06. The van der Waals surface area contributed by atoms with E-state index >= 15 is 0 Å². The van der Waals surface area contributed by atoms with Crippen LogP contribution in [0.25, 0.3) is 10.9 Å². The minimum absolute atomic E-state index is 0.211. The van der Waals surface area contributed by atoms with Gasteiger partial charge in [0.05, 0.1) is 0 Å². The van der Waals surface area contributed by atoms with Gasteiger partial charge in [0.1, 0.15) is 0 Å². The van der Waals surface area contributed by atoms with Gasteiger partial charge in [0, 0.05) is 61.1 Å². The Kier molecular flexibility index (Phi) is 5.71. The average Bonchev–Trinajstić information content (AvgIpc) is 2.96. The standard InChI is InChI=1S/C20H25N5O2/c1-14-11-15(2)25(20(27)23-14)10-8-22-12-16-13-24(9-7-19(21)26)18-6-4-3-5-17(16)18/h3-6,11,13,22H,7-10,12H2,1-2H3,(H2,21,26). The highest BCUT2D eigenvalue weighted by Crippen LogP contribution is 2.21. The highest BCUT2D eigenvalue weighted by atomic mass is 16.1. The van der Waals surface area contributed by atoms with E-state index in [2.05, 4.69) is 27.1 Å². The van der Waals surface area contributed by atoms with Crippen molar-refractivity contribution in [2.24, 2.45) is 5.73 Å². The van der Waals surface area contributed by atoms with E-state index in [-0.39, 0.29) is 11.6 Å². The van der Waals surface area contributed by atoms with Gasteiger partial charge in [-0.05, 0) is 31.5 Å². The number of nitrogens with zero attached hydrogens (tertiary/aromatic N) is 3. The Balaban J connectivity index is 1.67. The number of carbonyl (C=O) groups is 1. The van der Waals surface area contributed by atoms with Crippen molar-refractivity contribution in [3.05, 3.63) is 64.0 Å². The number of amides is 1. The summed E-state index contributed by atoms with van der Waals surface area (Å²) in [7, 11) is 0. The van der Waals surface area contributed by atoms with Crippen LogP contribution < -0.4 is 16.7 Å². The molecule has 142 valence electrons. The zero-order valence-electron chi connectivity index (χ0n) is 15.7. The van der Waals surface area contributed by atoms with E-state index in [0.29, 0.717) is 32.6 Å². The molecule has 7 heteroatoms.